The van der Waals surface area contributed by atoms with Crippen molar-refractivity contribution in [3.05, 3.63) is 34.9 Å². The van der Waals surface area contributed by atoms with Crippen LogP contribution < -0.4 is 5.32 Å². The molecule has 0 heterocycles. The lowest BCUT2D eigenvalue weighted by molar-refractivity contribution is -0.138. The van der Waals surface area contributed by atoms with Crippen LogP contribution in [0.5, 0.6) is 0 Å². The number of hydrogen-bond donors (Lipinski definition) is 2. The summed E-state index contributed by atoms with van der Waals surface area (Å²) in [5, 5.41) is 11.6. The van der Waals surface area contributed by atoms with Gasteiger partial charge in [0.25, 0.3) is 5.91 Å². The lowest BCUT2D eigenvalue weighted by Crippen LogP contribution is -2.31. The summed E-state index contributed by atoms with van der Waals surface area (Å²) in [7, 11) is 0. The number of nitrogens with one attached hydrogen (secondary N) is 1. The number of aliphatic carboxylic acids is 1. The van der Waals surface area contributed by atoms with Crippen molar-refractivity contribution in [1.29, 1.82) is 0 Å². The molecule has 4 heteroatoms. The van der Waals surface area contributed by atoms with Crippen molar-refractivity contribution in [1.82, 2.24) is 5.32 Å². The van der Waals surface area contributed by atoms with Crippen molar-refractivity contribution in [2.75, 3.05) is 6.54 Å². The van der Waals surface area contributed by atoms with Crippen LogP contribution in [0.4, 0.5) is 0 Å². The molecule has 0 saturated carbocycles. The molecule has 0 aliphatic rings. The van der Waals surface area contributed by atoms with Gasteiger partial charge in [0.05, 0.1) is 0 Å². The van der Waals surface area contributed by atoms with Crippen LogP contribution in [-0.4, -0.2) is 23.5 Å². The van der Waals surface area contributed by atoms with Crippen LogP contribution in [0.25, 0.3) is 0 Å². The SMILES string of the molecule is CCC(CNC(=O)c1c(C)cccc1C)CC(=O)O. The molecule has 2 N–H and O–H groups in total. The van der Waals surface area contributed by atoms with E-state index in [4.69, 9.17) is 5.11 Å². The molecule has 1 atom stereocenters. The Morgan fingerprint density at radius 3 is 2.32 bits per heavy atom. The minimum absolute atomic E-state index is 0.0224. The molecule has 4 nitrogen and oxygen atoms in total. The maximum Gasteiger partial charge on any atom is 0.303 e. The normalized spacial score (nSPS) is 11.9. The number of carboxylic acids is 1. The molecule has 0 spiro atoms. The zero-order valence-corrected chi connectivity index (χ0v) is 11.7. The molecule has 0 fully saturated rings. The Morgan fingerprint density at radius 1 is 1.26 bits per heavy atom. The third-order valence-electron chi connectivity index (χ3n) is 3.30. The van der Waals surface area contributed by atoms with Crippen LogP contribution in [0.15, 0.2) is 18.2 Å². The van der Waals surface area contributed by atoms with Crippen LogP contribution in [0, 0.1) is 19.8 Å². The summed E-state index contributed by atoms with van der Waals surface area (Å²) in [5.41, 5.74) is 2.56. The number of benzene rings is 1. The average Bonchev–Trinajstić information content (AvgIpc) is 2.33. The van der Waals surface area contributed by atoms with Gasteiger partial charge in [0.2, 0.25) is 0 Å². The Morgan fingerprint density at radius 2 is 1.84 bits per heavy atom. The quantitative estimate of drug-likeness (QED) is 0.828. The second kappa shape index (κ2) is 6.92. The van der Waals surface area contributed by atoms with Crippen LogP contribution in [0.1, 0.15) is 41.3 Å². The predicted molar refractivity (Wildman–Crippen MR) is 74.3 cm³/mol. The van der Waals surface area contributed by atoms with Gasteiger partial charge in [-0.05, 0) is 30.9 Å². The van der Waals surface area contributed by atoms with E-state index in [9.17, 15) is 9.59 Å². The fourth-order valence-corrected chi connectivity index (χ4v) is 2.11. The molecule has 1 amide bonds. The van der Waals surface area contributed by atoms with Crippen molar-refractivity contribution in [3.8, 4) is 0 Å². The van der Waals surface area contributed by atoms with Crippen molar-refractivity contribution >= 4 is 11.9 Å². The zero-order chi connectivity index (χ0) is 14.4. The van der Waals surface area contributed by atoms with E-state index < -0.39 is 5.97 Å². The summed E-state index contributed by atoms with van der Waals surface area (Å²) in [4.78, 5) is 22.8. The molecule has 0 bridgehead atoms. The maximum absolute atomic E-state index is 12.1. The second-order valence-electron chi connectivity index (χ2n) is 4.85. The molecule has 0 aliphatic carbocycles. The van der Waals surface area contributed by atoms with Gasteiger partial charge in [-0.2, -0.15) is 0 Å². The Kier molecular flexibility index (Phi) is 5.55. The highest BCUT2D eigenvalue weighted by atomic mass is 16.4. The van der Waals surface area contributed by atoms with Crippen molar-refractivity contribution < 1.29 is 14.7 Å². The van der Waals surface area contributed by atoms with Crippen LogP contribution >= 0.6 is 0 Å². The Labute approximate surface area is 113 Å². The summed E-state index contributed by atoms with van der Waals surface area (Å²) in [5.74, 6) is -0.974. The first-order valence-electron chi connectivity index (χ1n) is 6.51. The number of carboxylic acid groups (broad SMARTS) is 1. The molecular weight excluding hydrogens is 242 g/mol. The molecule has 104 valence electrons. The largest absolute Gasteiger partial charge is 0.481 e. The van der Waals surface area contributed by atoms with Gasteiger partial charge >= 0.3 is 5.97 Å². The Bertz CT molecular complexity index is 448. The number of carbonyl (C=O) groups is 2. The smallest absolute Gasteiger partial charge is 0.303 e. The highest BCUT2D eigenvalue weighted by Crippen LogP contribution is 2.13. The molecule has 19 heavy (non-hydrogen) atoms. The monoisotopic (exact) mass is 263 g/mol. The van der Waals surface area contributed by atoms with Crippen molar-refractivity contribution in [2.24, 2.45) is 5.92 Å². The van der Waals surface area contributed by atoms with Crippen LogP contribution in [0.3, 0.4) is 0 Å². The number of rotatable bonds is 6. The summed E-state index contributed by atoms with van der Waals surface area (Å²) >= 11 is 0. The Balaban J connectivity index is 2.67. The summed E-state index contributed by atoms with van der Waals surface area (Å²) in [6.07, 6.45) is 0.822. The van der Waals surface area contributed by atoms with E-state index in [0.29, 0.717) is 12.1 Å². The highest BCUT2D eigenvalue weighted by molar-refractivity contribution is 5.97. The van der Waals surface area contributed by atoms with Gasteiger partial charge in [-0.25, -0.2) is 0 Å². The van der Waals surface area contributed by atoms with Gasteiger partial charge in [0, 0.05) is 18.5 Å². The molecule has 0 aromatic heterocycles. The standard InChI is InChI=1S/C15H21NO3/c1-4-12(8-13(17)18)9-16-15(19)14-10(2)6-5-7-11(14)3/h5-7,12H,4,8-9H2,1-3H3,(H,16,19)(H,17,18). The third kappa shape index (κ3) is 4.39. The minimum atomic E-state index is -0.826. The molecule has 1 aromatic rings. The summed E-state index contributed by atoms with van der Waals surface area (Å²) < 4.78 is 0. The second-order valence-corrected chi connectivity index (χ2v) is 4.85. The van der Waals surface area contributed by atoms with E-state index in [1.807, 2.05) is 39.0 Å². The van der Waals surface area contributed by atoms with E-state index in [1.54, 1.807) is 0 Å². The average molecular weight is 263 g/mol. The number of amides is 1. The molecule has 0 saturated heterocycles. The van der Waals surface area contributed by atoms with E-state index in [-0.39, 0.29) is 18.2 Å². The molecule has 1 rings (SSSR count). The summed E-state index contributed by atoms with van der Waals surface area (Å²) in [6.45, 7) is 6.13. The number of hydrogen-bond acceptors (Lipinski definition) is 2. The van der Waals surface area contributed by atoms with Gasteiger partial charge in [0.15, 0.2) is 0 Å². The lowest BCUT2D eigenvalue weighted by atomic mass is 10.0. The van der Waals surface area contributed by atoms with Crippen LogP contribution in [0.2, 0.25) is 0 Å². The molecule has 1 unspecified atom stereocenters. The minimum Gasteiger partial charge on any atom is -0.481 e. The van der Waals surface area contributed by atoms with E-state index >= 15 is 0 Å². The molecule has 0 radical (unpaired) electrons. The fourth-order valence-electron chi connectivity index (χ4n) is 2.11. The van der Waals surface area contributed by atoms with E-state index in [0.717, 1.165) is 17.5 Å². The third-order valence-corrected chi connectivity index (χ3v) is 3.30. The van der Waals surface area contributed by atoms with Crippen molar-refractivity contribution in [2.45, 2.75) is 33.6 Å². The number of carbonyl (C=O) groups excluding carboxylic acids is 1. The predicted octanol–water partition coefficient (Wildman–Crippen LogP) is 2.53. The first-order valence-corrected chi connectivity index (χ1v) is 6.51. The first kappa shape index (κ1) is 15.2. The zero-order valence-electron chi connectivity index (χ0n) is 11.7. The van der Waals surface area contributed by atoms with Gasteiger partial charge < -0.3 is 10.4 Å². The maximum atomic E-state index is 12.1. The summed E-state index contributed by atoms with van der Waals surface area (Å²) in [6, 6.07) is 5.72. The van der Waals surface area contributed by atoms with E-state index in [2.05, 4.69) is 5.32 Å². The molecular formula is C15H21NO3. The number of aryl methyl sites for hydroxylation is 2. The van der Waals surface area contributed by atoms with Crippen LogP contribution in [-0.2, 0) is 4.79 Å². The highest BCUT2D eigenvalue weighted by Gasteiger charge is 2.15. The van der Waals surface area contributed by atoms with Gasteiger partial charge in [-0.3, -0.25) is 9.59 Å². The first-order chi connectivity index (χ1) is 8.95. The molecule has 1 aromatic carbocycles. The van der Waals surface area contributed by atoms with Crippen molar-refractivity contribution in [3.63, 3.8) is 0 Å². The fraction of sp³-hybridized carbons (Fsp3) is 0.467. The Hall–Kier alpha value is -1.84. The lowest BCUT2D eigenvalue weighted by Gasteiger charge is -2.15. The van der Waals surface area contributed by atoms with Gasteiger partial charge in [0.1, 0.15) is 0 Å². The van der Waals surface area contributed by atoms with Gasteiger partial charge in [-0.1, -0.05) is 31.5 Å². The van der Waals surface area contributed by atoms with Gasteiger partial charge in [-0.15, -0.1) is 0 Å². The molecule has 0 aliphatic heterocycles. The topological polar surface area (TPSA) is 66.4 Å². The van der Waals surface area contributed by atoms with E-state index in [1.165, 1.54) is 0 Å².